The standard InChI is InChI=1S/C17H21N3O6/c21-16(22)12-7-20(5-10-4-18-19-15(10)17(23)24)6-11(12)9-1-2-13-14(3-9)26-8-25-13/h1-3,10-12,15,18-19H,4-8H2,(H,21,22)(H,23,24)/t10?,11-,12+,15?/m1/s1. The summed E-state index contributed by atoms with van der Waals surface area (Å²) in [4.78, 5) is 25.1. The van der Waals surface area contributed by atoms with E-state index in [1.165, 1.54) is 0 Å². The molecule has 9 nitrogen and oxygen atoms in total. The lowest BCUT2D eigenvalue weighted by Crippen LogP contribution is -2.42. The Labute approximate surface area is 149 Å². The number of carbonyl (C=O) groups is 2. The first-order valence-corrected chi connectivity index (χ1v) is 8.59. The van der Waals surface area contributed by atoms with Crippen molar-refractivity contribution in [3.05, 3.63) is 23.8 Å². The normalized spacial score (nSPS) is 30.6. The van der Waals surface area contributed by atoms with E-state index in [2.05, 4.69) is 10.9 Å². The van der Waals surface area contributed by atoms with E-state index in [0.717, 1.165) is 5.56 Å². The zero-order valence-electron chi connectivity index (χ0n) is 14.1. The molecule has 3 heterocycles. The molecule has 1 aromatic carbocycles. The molecule has 0 bridgehead atoms. The molecule has 2 fully saturated rings. The number of benzene rings is 1. The van der Waals surface area contributed by atoms with E-state index in [1.807, 2.05) is 23.1 Å². The van der Waals surface area contributed by atoms with Gasteiger partial charge in [-0.1, -0.05) is 6.07 Å². The topological polar surface area (TPSA) is 120 Å². The monoisotopic (exact) mass is 363 g/mol. The first-order valence-electron chi connectivity index (χ1n) is 8.59. The molecular formula is C17H21N3O6. The summed E-state index contributed by atoms with van der Waals surface area (Å²) in [6.45, 7) is 2.22. The molecule has 4 N–H and O–H groups in total. The summed E-state index contributed by atoms with van der Waals surface area (Å²) in [5, 5.41) is 18.9. The van der Waals surface area contributed by atoms with E-state index in [9.17, 15) is 19.8 Å². The zero-order valence-corrected chi connectivity index (χ0v) is 14.1. The molecule has 4 rings (SSSR count). The zero-order chi connectivity index (χ0) is 18.3. The predicted molar refractivity (Wildman–Crippen MR) is 88.9 cm³/mol. The molecule has 140 valence electrons. The summed E-state index contributed by atoms with van der Waals surface area (Å²) in [6, 6.07) is 4.88. The lowest BCUT2D eigenvalue weighted by molar-refractivity contribution is -0.142. The Bertz CT molecular complexity index is 726. The number of aliphatic carboxylic acids is 2. The molecular weight excluding hydrogens is 342 g/mol. The van der Waals surface area contributed by atoms with Crippen molar-refractivity contribution < 1.29 is 29.3 Å². The van der Waals surface area contributed by atoms with Gasteiger partial charge in [-0.25, -0.2) is 5.43 Å². The fourth-order valence-electron chi connectivity index (χ4n) is 4.07. The van der Waals surface area contributed by atoms with Gasteiger partial charge < -0.3 is 24.6 Å². The molecule has 0 amide bonds. The molecule has 4 atom stereocenters. The number of nitrogens with one attached hydrogen (secondary N) is 2. The number of carboxylic acid groups (broad SMARTS) is 2. The largest absolute Gasteiger partial charge is 0.481 e. The molecule has 0 aliphatic carbocycles. The Hall–Kier alpha value is -2.36. The average molecular weight is 363 g/mol. The van der Waals surface area contributed by atoms with Crippen molar-refractivity contribution in [3.8, 4) is 11.5 Å². The molecule has 3 aliphatic heterocycles. The molecule has 0 saturated carbocycles. The maximum Gasteiger partial charge on any atom is 0.322 e. The van der Waals surface area contributed by atoms with Crippen molar-refractivity contribution in [1.29, 1.82) is 0 Å². The fraction of sp³-hybridized carbons (Fsp3) is 0.529. The number of hydrazine groups is 1. The quantitative estimate of drug-likeness (QED) is 0.558. The van der Waals surface area contributed by atoms with Gasteiger partial charge in [-0.15, -0.1) is 0 Å². The van der Waals surface area contributed by atoms with Crippen LogP contribution in [0.25, 0.3) is 0 Å². The number of nitrogens with zero attached hydrogens (tertiary/aromatic N) is 1. The van der Waals surface area contributed by atoms with E-state index in [4.69, 9.17) is 9.47 Å². The summed E-state index contributed by atoms with van der Waals surface area (Å²) in [6.07, 6.45) is 0. The van der Waals surface area contributed by atoms with E-state index in [-0.39, 0.29) is 18.6 Å². The number of hydrogen-bond acceptors (Lipinski definition) is 7. The second-order valence-electron chi connectivity index (χ2n) is 6.98. The third kappa shape index (κ3) is 3.09. The summed E-state index contributed by atoms with van der Waals surface area (Å²) in [5.41, 5.74) is 6.55. The molecule has 2 saturated heterocycles. The second-order valence-corrected chi connectivity index (χ2v) is 6.98. The van der Waals surface area contributed by atoms with Crippen LogP contribution in [0.3, 0.4) is 0 Å². The van der Waals surface area contributed by atoms with Crippen LogP contribution in [0.2, 0.25) is 0 Å². The Morgan fingerprint density at radius 3 is 2.73 bits per heavy atom. The third-order valence-electron chi connectivity index (χ3n) is 5.39. The Balaban J connectivity index is 1.50. The fourth-order valence-corrected chi connectivity index (χ4v) is 4.07. The van der Waals surface area contributed by atoms with E-state index in [1.54, 1.807) is 0 Å². The molecule has 2 unspecified atom stereocenters. The molecule has 9 heteroatoms. The molecule has 1 aromatic rings. The molecule has 0 radical (unpaired) electrons. The number of fused-ring (bicyclic) bond motifs is 1. The van der Waals surface area contributed by atoms with Gasteiger partial charge in [0, 0.05) is 38.0 Å². The Morgan fingerprint density at radius 2 is 1.96 bits per heavy atom. The molecule has 0 aromatic heterocycles. The van der Waals surface area contributed by atoms with E-state index in [0.29, 0.717) is 37.7 Å². The maximum atomic E-state index is 11.8. The van der Waals surface area contributed by atoms with Gasteiger partial charge in [-0.2, -0.15) is 0 Å². The highest BCUT2D eigenvalue weighted by Gasteiger charge is 2.42. The van der Waals surface area contributed by atoms with E-state index < -0.39 is 23.9 Å². The van der Waals surface area contributed by atoms with Gasteiger partial charge in [0.05, 0.1) is 5.92 Å². The van der Waals surface area contributed by atoms with Gasteiger partial charge >= 0.3 is 11.9 Å². The van der Waals surface area contributed by atoms with Crippen LogP contribution >= 0.6 is 0 Å². The highest BCUT2D eigenvalue weighted by atomic mass is 16.7. The second kappa shape index (κ2) is 6.75. The van der Waals surface area contributed by atoms with Crippen molar-refractivity contribution in [1.82, 2.24) is 15.8 Å². The van der Waals surface area contributed by atoms with Crippen LogP contribution in [-0.2, 0) is 9.59 Å². The van der Waals surface area contributed by atoms with Gasteiger partial charge in [-0.05, 0) is 17.7 Å². The maximum absolute atomic E-state index is 11.8. The van der Waals surface area contributed by atoms with Crippen molar-refractivity contribution in [3.63, 3.8) is 0 Å². The minimum absolute atomic E-state index is 0.113. The van der Waals surface area contributed by atoms with Crippen LogP contribution < -0.4 is 20.3 Å². The lowest BCUT2D eigenvalue weighted by atomic mass is 9.89. The van der Waals surface area contributed by atoms with Crippen LogP contribution in [-0.4, -0.2) is 66.1 Å². The lowest BCUT2D eigenvalue weighted by Gasteiger charge is -2.22. The molecule has 0 spiro atoms. The van der Waals surface area contributed by atoms with Gasteiger partial charge in [0.25, 0.3) is 0 Å². The van der Waals surface area contributed by atoms with Crippen LogP contribution in [0.15, 0.2) is 18.2 Å². The number of rotatable bonds is 5. The van der Waals surface area contributed by atoms with Crippen LogP contribution in [0.5, 0.6) is 11.5 Å². The van der Waals surface area contributed by atoms with Gasteiger partial charge in [0.1, 0.15) is 6.04 Å². The summed E-state index contributed by atoms with van der Waals surface area (Å²) in [7, 11) is 0. The highest BCUT2D eigenvalue weighted by Crippen LogP contribution is 2.39. The van der Waals surface area contributed by atoms with Crippen LogP contribution in [0.1, 0.15) is 11.5 Å². The number of likely N-dealkylation sites (tertiary alicyclic amines) is 1. The minimum Gasteiger partial charge on any atom is -0.481 e. The first kappa shape index (κ1) is 17.1. The summed E-state index contributed by atoms with van der Waals surface area (Å²) in [5.74, 6) is -1.26. The average Bonchev–Trinajstić information content (AvgIpc) is 3.33. The van der Waals surface area contributed by atoms with Crippen molar-refractivity contribution in [2.24, 2.45) is 11.8 Å². The van der Waals surface area contributed by atoms with Gasteiger partial charge in [0.2, 0.25) is 6.79 Å². The minimum atomic E-state index is -0.902. The molecule has 26 heavy (non-hydrogen) atoms. The predicted octanol–water partition coefficient (Wildman–Crippen LogP) is -0.307. The van der Waals surface area contributed by atoms with Crippen LogP contribution in [0, 0.1) is 11.8 Å². The van der Waals surface area contributed by atoms with Gasteiger partial charge in [0.15, 0.2) is 11.5 Å². The Morgan fingerprint density at radius 1 is 1.15 bits per heavy atom. The first-order chi connectivity index (χ1) is 12.5. The number of carboxylic acids is 2. The number of ether oxygens (including phenoxy) is 2. The third-order valence-corrected chi connectivity index (χ3v) is 5.39. The molecule has 3 aliphatic rings. The smallest absolute Gasteiger partial charge is 0.322 e. The SMILES string of the molecule is O=C(O)C1NNCC1CN1C[C@H](C(=O)O)[C@@H](c2ccc3c(c2)OCO3)C1. The highest BCUT2D eigenvalue weighted by molar-refractivity contribution is 5.74. The van der Waals surface area contributed by atoms with Gasteiger partial charge in [-0.3, -0.25) is 15.0 Å². The summed E-state index contributed by atoms with van der Waals surface area (Å²) >= 11 is 0. The van der Waals surface area contributed by atoms with Crippen molar-refractivity contribution >= 4 is 11.9 Å². The van der Waals surface area contributed by atoms with Crippen molar-refractivity contribution in [2.45, 2.75) is 12.0 Å². The van der Waals surface area contributed by atoms with Crippen molar-refractivity contribution in [2.75, 3.05) is 33.0 Å². The Kier molecular flexibility index (Phi) is 4.43. The number of hydrogen-bond donors (Lipinski definition) is 4. The summed E-state index contributed by atoms with van der Waals surface area (Å²) < 4.78 is 10.7. The van der Waals surface area contributed by atoms with Crippen LogP contribution in [0.4, 0.5) is 0 Å². The van der Waals surface area contributed by atoms with E-state index >= 15 is 0 Å².